The van der Waals surface area contributed by atoms with Gasteiger partial charge < -0.3 is 9.88 Å². The van der Waals surface area contributed by atoms with Crippen molar-refractivity contribution in [1.82, 2.24) is 24.3 Å². The molecule has 0 radical (unpaired) electrons. The van der Waals surface area contributed by atoms with Crippen molar-refractivity contribution in [2.75, 3.05) is 5.32 Å². The number of amides is 1. The Balaban J connectivity index is 1.50. The highest BCUT2D eigenvalue weighted by Gasteiger charge is 2.20. The molecule has 0 saturated heterocycles. The third kappa shape index (κ3) is 4.17. The van der Waals surface area contributed by atoms with Gasteiger partial charge >= 0.3 is 0 Å². The maximum atomic E-state index is 13.5. The minimum absolute atomic E-state index is 0.0850. The molecular formula is C28H26N6O2. The Hall–Kier alpha value is -4.59. The van der Waals surface area contributed by atoms with Gasteiger partial charge in [-0.15, -0.1) is 0 Å². The first-order chi connectivity index (χ1) is 17.3. The number of nitrogens with zero attached hydrogens (tertiary/aromatic N) is 5. The van der Waals surface area contributed by atoms with Crippen LogP contribution in [0.4, 0.5) is 5.69 Å². The van der Waals surface area contributed by atoms with Gasteiger partial charge in [-0.3, -0.25) is 9.59 Å². The Morgan fingerprint density at radius 2 is 1.78 bits per heavy atom. The van der Waals surface area contributed by atoms with Gasteiger partial charge in [0, 0.05) is 42.3 Å². The monoisotopic (exact) mass is 478 g/mol. The van der Waals surface area contributed by atoms with Crippen LogP contribution in [0.15, 0.2) is 73.2 Å². The number of ketones is 1. The van der Waals surface area contributed by atoms with E-state index in [9.17, 15) is 9.59 Å². The number of hydrogen-bond donors (Lipinski definition) is 1. The van der Waals surface area contributed by atoms with E-state index in [1.165, 1.54) is 0 Å². The number of carbonyl (C=O) groups excluding carboxylic acids is 2. The van der Waals surface area contributed by atoms with Gasteiger partial charge in [-0.25, -0.2) is 14.6 Å². The lowest BCUT2D eigenvalue weighted by atomic mass is 10.0. The number of carbonyl (C=O) groups is 2. The van der Waals surface area contributed by atoms with Crippen molar-refractivity contribution in [2.24, 2.45) is 7.05 Å². The highest BCUT2D eigenvalue weighted by atomic mass is 16.1. The Morgan fingerprint density at radius 1 is 1.03 bits per heavy atom. The number of aromatic nitrogens is 5. The topological polar surface area (TPSA) is 94.7 Å². The lowest BCUT2D eigenvalue weighted by molar-refractivity contribution is 0.102. The molecule has 1 amide bonds. The molecule has 3 heterocycles. The zero-order valence-electron chi connectivity index (χ0n) is 20.6. The van der Waals surface area contributed by atoms with Gasteiger partial charge in [0.25, 0.3) is 5.91 Å². The van der Waals surface area contributed by atoms with E-state index in [0.29, 0.717) is 39.4 Å². The summed E-state index contributed by atoms with van der Waals surface area (Å²) in [5.41, 5.74) is 4.96. The smallest absolute Gasteiger partial charge is 0.256 e. The molecule has 0 spiro atoms. The fourth-order valence-electron chi connectivity index (χ4n) is 4.20. The summed E-state index contributed by atoms with van der Waals surface area (Å²) in [4.78, 5) is 35.2. The Labute approximate surface area is 208 Å². The van der Waals surface area contributed by atoms with Gasteiger partial charge in [-0.05, 0) is 56.7 Å². The Morgan fingerprint density at radius 3 is 2.44 bits per heavy atom. The van der Waals surface area contributed by atoms with Gasteiger partial charge in [-0.2, -0.15) is 5.10 Å². The molecule has 0 aliphatic carbocycles. The molecule has 0 aliphatic heterocycles. The molecule has 2 aromatic carbocycles. The molecule has 0 aliphatic rings. The van der Waals surface area contributed by atoms with Crippen molar-refractivity contribution in [3.63, 3.8) is 0 Å². The highest BCUT2D eigenvalue weighted by Crippen LogP contribution is 2.28. The molecule has 3 aromatic heterocycles. The SMILES string of the molecule is Cc1ccccc1-c1cc(C(=O)Nc2ccc(C(=O)c3nccn3C)cc2)c2cnn(C(C)C)c2n1. The minimum Gasteiger partial charge on any atom is -0.331 e. The lowest BCUT2D eigenvalue weighted by Gasteiger charge is -2.12. The quantitative estimate of drug-likeness (QED) is 0.338. The van der Waals surface area contributed by atoms with Gasteiger partial charge in [0.15, 0.2) is 11.5 Å². The normalized spacial score (nSPS) is 11.2. The summed E-state index contributed by atoms with van der Waals surface area (Å²) in [7, 11) is 1.77. The van der Waals surface area contributed by atoms with Crippen molar-refractivity contribution in [1.29, 1.82) is 0 Å². The molecule has 8 heteroatoms. The first kappa shape index (κ1) is 23.2. The number of aryl methyl sites for hydroxylation is 2. The third-order valence-electron chi connectivity index (χ3n) is 6.15. The second-order valence-electron chi connectivity index (χ2n) is 9.01. The lowest BCUT2D eigenvalue weighted by Crippen LogP contribution is -2.14. The van der Waals surface area contributed by atoms with Crippen molar-refractivity contribution in [2.45, 2.75) is 26.8 Å². The number of hydrogen-bond acceptors (Lipinski definition) is 5. The predicted octanol–water partition coefficient (Wildman–Crippen LogP) is 5.20. The fourth-order valence-corrected chi connectivity index (χ4v) is 4.20. The van der Waals surface area contributed by atoms with Crippen molar-refractivity contribution < 1.29 is 9.59 Å². The molecule has 8 nitrogen and oxygen atoms in total. The number of rotatable bonds is 6. The zero-order chi connectivity index (χ0) is 25.4. The predicted molar refractivity (Wildman–Crippen MR) is 139 cm³/mol. The van der Waals surface area contributed by atoms with Crippen LogP contribution in [0.1, 0.15) is 52.0 Å². The van der Waals surface area contributed by atoms with Crippen molar-refractivity contribution in [3.05, 3.63) is 95.7 Å². The molecule has 0 saturated carbocycles. The van der Waals surface area contributed by atoms with E-state index in [4.69, 9.17) is 4.98 Å². The van der Waals surface area contributed by atoms with E-state index in [2.05, 4.69) is 15.4 Å². The summed E-state index contributed by atoms with van der Waals surface area (Å²) < 4.78 is 3.50. The maximum Gasteiger partial charge on any atom is 0.256 e. The fraction of sp³-hybridized carbons (Fsp3) is 0.179. The van der Waals surface area contributed by atoms with Crippen LogP contribution in [0, 0.1) is 6.92 Å². The van der Waals surface area contributed by atoms with Crippen LogP contribution < -0.4 is 5.32 Å². The number of imidazole rings is 1. The Bertz CT molecular complexity index is 1590. The van der Waals surface area contributed by atoms with Gasteiger partial charge in [0.2, 0.25) is 5.78 Å². The van der Waals surface area contributed by atoms with Crippen LogP contribution in [-0.2, 0) is 7.05 Å². The molecule has 0 unspecified atom stereocenters. The molecule has 36 heavy (non-hydrogen) atoms. The molecule has 0 bridgehead atoms. The molecule has 5 aromatic rings. The van der Waals surface area contributed by atoms with E-state index in [0.717, 1.165) is 11.1 Å². The van der Waals surface area contributed by atoms with E-state index >= 15 is 0 Å². The second-order valence-corrected chi connectivity index (χ2v) is 9.01. The molecular weight excluding hydrogens is 452 g/mol. The summed E-state index contributed by atoms with van der Waals surface area (Å²) in [6.45, 7) is 6.08. The zero-order valence-corrected chi connectivity index (χ0v) is 20.6. The summed E-state index contributed by atoms with van der Waals surface area (Å²) in [5.74, 6) is -0.0965. The van der Waals surface area contributed by atoms with E-state index in [1.54, 1.807) is 54.5 Å². The maximum absolute atomic E-state index is 13.5. The summed E-state index contributed by atoms with van der Waals surface area (Å²) >= 11 is 0. The van der Waals surface area contributed by atoms with Gasteiger partial charge in [-0.1, -0.05) is 24.3 Å². The molecule has 1 N–H and O–H groups in total. The second kappa shape index (κ2) is 9.22. The van der Waals surface area contributed by atoms with E-state index < -0.39 is 0 Å². The van der Waals surface area contributed by atoms with Crippen molar-refractivity contribution in [3.8, 4) is 11.3 Å². The highest BCUT2D eigenvalue weighted by molar-refractivity contribution is 6.13. The first-order valence-electron chi connectivity index (χ1n) is 11.7. The summed E-state index contributed by atoms with van der Waals surface area (Å²) in [6, 6.07) is 16.7. The third-order valence-corrected chi connectivity index (χ3v) is 6.15. The molecule has 0 fully saturated rings. The number of anilines is 1. The van der Waals surface area contributed by atoms with Crippen LogP contribution in [-0.4, -0.2) is 36.0 Å². The van der Waals surface area contributed by atoms with Gasteiger partial charge in [0.05, 0.1) is 22.8 Å². The van der Waals surface area contributed by atoms with E-state index in [1.807, 2.05) is 55.8 Å². The van der Waals surface area contributed by atoms with Gasteiger partial charge in [0.1, 0.15) is 0 Å². The molecule has 5 rings (SSSR count). The standard InChI is InChI=1S/C28H26N6O2/c1-17(2)34-26-23(16-30-34)22(15-24(32-26)21-8-6-5-7-18(21)3)28(36)31-20-11-9-19(10-12-20)25(35)27-29-13-14-33(27)4/h5-17H,1-4H3,(H,31,36). The van der Waals surface area contributed by atoms with E-state index in [-0.39, 0.29) is 17.7 Å². The first-order valence-corrected chi connectivity index (χ1v) is 11.7. The number of benzene rings is 2. The average Bonchev–Trinajstić information content (AvgIpc) is 3.50. The minimum atomic E-state index is -0.274. The van der Waals surface area contributed by atoms with Crippen molar-refractivity contribution >= 4 is 28.4 Å². The van der Waals surface area contributed by atoms with Crippen LogP contribution in [0.3, 0.4) is 0 Å². The van der Waals surface area contributed by atoms with Crippen LogP contribution in [0.25, 0.3) is 22.3 Å². The average molecular weight is 479 g/mol. The largest absolute Gasteiger partial charge is 0.331 e. The number of fused-ring (bicyclic) bond motifs is 1. The van der Waals surface area contributed by atoms with Crippen LogP contribution in [0.5, 0.6) is 0 Å². The van der Waals surface area contributed by atoms with Crippen LogP contribution >= 0.6 is 0 Å². The summed E-state index contributed by atoms with van der Waals surface area (Å²) in [5, 5.41) is 8.13. The molecule has 180 valence electrons. The molecule has 0 atom stereocenters. The van der Waals surface area contributed by atoms with Crippen LogP contribution in [0.2, 0.25) is 0 Å². The number of pyridine rings is 1. The Kier molecular flexibility index (Phi) is 5.93. The summed E-state index contributed by atoms with van der Waals surface area (Å²) in [6.07, 6.45) is 5.00. The number of nitrogens with one attached hydrogen (secondary N) is 1.